The van der Waals surface area contributed by atoms with Crippen LogP contribution in [0.25, 0.3) is 10.9 Å². The fourth-order valence-electron chi connectivity index (χ4n) is 3.86. The van der Waals surface area contributed by atoms with Crippen LogP contribution in [0.3, 0.4) is 0 Å². The Labute approximate surface area is 185 Å². The van der Waals surface area contributed by atoms with E-state index in [1.54, 1.807) is 12.1 Å². The second-order valence-electron chi connectivity index (χ2n) is 7.92. The Bertz CT molecular complexity index is 966. The van der Waals surface area contributed by atoms with Crippen molar-refractivity contribution in [2.45, 2.75) is 45.6 Å². The fourth-order valence-corrected chi connectivity index (χ4v) is 4.22. The van der Waals surface area contributed by atoms with Gasteiger partial charge in [0.2, 0.25) is 11.8 Å². The molecular weight excluding hydrogens is 448 g/mol. The zero-order chi connectivity index (χ0) is 21.7. The molecule has 0 N–H and O–H groups in total. The molecule has 0 spiro atoms. The van der Waals surface area contributed by atoms with E-state index in [1.807, 2.05) is 22.9 Å². The van der Waals surface area contributed by atoms with Gasteiger partial charge in [0.1, 0.15) is 0 Å². The summed E-state index contributed by atoms with van der Waals surface area (Å²) in [6.07, 6.45) is 5.23. The minimum Gasteiger partial charge on any atom is -0.346 e. The van der Waals surface area contributed by atoms with E-state index in [0.29, 0.717) is 43.4 Å². The molecule has 0 saturated carbocycles. The Morgan fingerprint density at radius 1 is 1.27 bits per heavy atom. The van der Waals surface area contributed by atoms with Gasteiger partial charge >= 0.3 is 0 Å². The van der Waals surface area contributed by atoms with Crippen molar-refractivity contribution in [1.82, 2.24) is 19.4 Å². The quantitative estimate of drug-likeness (QED) is 0.615. The normalized spacial score (nSPS) is 14.8. The largest absolute Gasteiger partial charge is 0.346 e. The van der Waals surface area contributed by atoms with Crippen LogP contribution in [0.15, 0.2) is 33.8 Å². The molecule has 2 amide bonds. The third kappa shape index (κ3) is 5.28. The van der Waals surface area contributed by atoms with E-state index in [9.17, 15) is 14.4 Å². The summed E-state index contributed by atoms with van der Waals surface area (Å²) in [5, 5.41) is 0.533. The van der Waals surface area contributed by atoms with Gasteiger partial charge in [-0.15, -0.1) is 0 Å². The third-order valence-electron chi connectivity index (χ3n) is 5.77. The molecule has 1 fully saturated rings. The smallest absolute Gasteiger partial charge is 0.261 e. The van der Waals surface area contributed by atoms with Crippen LogP contribution in [0.5, 0.6) is 0 Å². The third-order valence-corrected chi connectivity index (χ3v) is 6.27. The molecule has 2 heterocycles. The lowest BCUT2D eigenvalue weighted by Crippen LogP contribution is -2.44. The first-order chi connectivity index (χ1) is 14.4. The maximum absolute atomic E-state index is 12.7. The number of hydrogen-bond acceptors (Lipinski definition) is 4. The number of fused-ring (bicyclic) bond motifs is 1. The van der Waals surface area contributed by atoms with E-state index >= 15 is 0 Å². The number of nitrogens with zero attached hydrogens (tertiary/aromatic N) is 4. The van der Waals surface area contributed by atoms with Crippen molar-refractivity contribution in [3.05, 3.63) is 39.4 Å². The van der Waals surface area contributed by atoms with Gasteiger partial charge in [0.25, 0.3) is 5.56 Å². The topological polar surface area (TPSA) is 75.5 Å². The molecular formula is C22H29BrN4O3. The number of aromatic nitrogens is 2. The summed E-state index contributed by atoms with van der Waals surface area (Å²) in [6, 6.07) is 5.39. The number of unbranched alkanes of at least 4 members (excludes halogenated alkanes) is 1. The predicted molar refractivity (Wildman–Crippen MR) is 120 cm³/mol. The van der Waals surface area contributed by atoms with Crippen LogP contribution in [0.4, 0.5) is 0 Å². The second-order valence-corrected chi connectivity index (χ2v) is 8.84. The summed E-state index contributed by atoms with van der Waals surface area (Å²) >= 11 is 3.38. The number of hydrogen-bond donors (Lipinski definition) is 0. The van der Waals surface area contributed by atoms with Crippen LogP contribution >= 0.6 is 15.9 Å². The molecule has 0 radical (unpaired) electrons. The number of carbonyl (C=O) groups is 2. The molecule has 30 heavy (non-hydrogen) atoms. The lowest BCUT2D eigenvalue weighted by Gasteiger charge is -2.33. The zero-order valence-corrected chi connectivity index (χ0v) is 19.2. The molecule has 8 heteroatoms. The lowest BCUT2D eigenvalue weighted by atomic mass is 9.95. The van der Waals surface area contributed by atoms with Gasteiger partial charge in [0, 0.05) is 50.0 Å². The van der Waals surface area contributed by atoms with Crippen LogP contribution < -0.4 is 5.56 Å². The Balaban J connectivity index is 1.53. The maximum Gasteiger partial charge on any atom is 0.261 e. The number of benzene rings is 1. The summed E-state index contributed by atoms with van der Waals surface area (Å²) in [7, 11) is 1.86. The minimum atomic E-state index is -0.145. The van der Waals surface area contributed by atoms with Gasteiger partial charge in [-0.2, -0.15) is 0 Å². The molecule has 1 aromatic carbocycles. The van der Waals surface area contributed by atoms with E-state index < -0.39 is 0 Å². The SMILES string of the molecule is CCCCN(C)C(=O)C1CCN(C(=O)CCn2cnc3ccc(Br)cc3c2=O)CC1. The van der Waals surface area contributed by atoms with E-state index in [1.165, 1.54) is 10.9 Å². The van der Waals surface area contributed by atoms with Crippen LogP contribution in [0.2, 0.25) is 0 Å². The van der Waals surface area contributed by atoms with Crippen LogP contribution in [0, 0.1) is 5.92 Å². The summed E-state index contributed by atoms with van der Waals surface area (Å²) in [4.78, 5) is 45.8. The monoisotopic (exact) mass is 476 g/mol. The van der Waals surface area contributed by atoms with Crippen molar-refractivity contribution < 1.29 is 9.59 Å². The molecule has 0 atom stereocenters. The first-order valence-corrected chi connectivity index (χ1v) is 11.4. The molecule has 162 valence electrons. The van der Waals surface area contributed by atoms with E-state index in [2.05, 4.69) is 27.8 Å². The molecule has 1 aliphatic heterocycles. The number of aryl methyl sites for hydroxylation is 1. The van der Waals surface area contributed by atoms with Gasteiger partial charge < -0.3 is 9.80 Å². The van der Waals surface area contributed by atoms with Crippen LogP contribution in [-0.4, -0.2) is 57.8 Å². The molecule has 1 aromatic heterocycles. The minimum absolute atomic E-state index is 0.00154. The highest BCUT2D eigenvalue weighted by molar-refractivity contribution is 9.10. The molecule has 0 bridgehead atoms. The summed E-state index contributed by atoms with van der Waals surface area (Å²) in [6.45, 7) is 4.39. The Morgan fingerprint density at radius 3 is 2.70 bits per heavy atom. The maximum atomic E-state index is 12.7. The van der Waals surface area contributed by atoms with Gasteiger partial charge in [0.15, 0.2) is 0 Å². The van der Waals surface area contributed by atoms with Crippen LogP contribution in [0.1, 0.15) is 39.0 Å². The first-order valence-electron chi connectivity index (χ1n) is 10.6. The molecule has 2 aromatic rings. The van der Waals surface area contributed by atoms with E-state index in [4.69, 9.17) is 0 Å². The second kappa shape index (κ2) is 10.2. The first kappa shape index (κ1) is 22.5. The summed E-state index contributed by atoms with van der Waals surface area (Å²) in [5.74, 6) is 0.207. The van der Waals surface area contributed by atoms with Gasteiger partial charge in [-0.3, -0.25) is 19.0 Å². The van der Waals surface area contributed by atoms with Gasteiger partial charge in [0.05, 0.1) is 17.2 Å². The Kier molecular flexibility index (Phi) is 7.64. The fraction of sp³-hybridized carbons (Fsp3) is 0.545. The van der Waals surface area contributed by atoms with Gasteiger partial charge in [-0.1, -0.05) is 29.3 Å². The van der Waals surface area contributed by atoms with E-state index in [0.717, 1.165) is 23.9 Å². The van der Waals surface area contributed by atoms with Crippen molar-refractivity contribution in [1.29, 1.82) is 0 Å². The van der Waals surface area contributed by atoms with Crippen molar-refractivity contribution in [3.8, 4) is 0 Å². The highest BCUT2D eigenvalue weighted by atomic mass is 79.9. The number of halogens is 1. The molecule has 7 nitrogen and oxygen atoms in total. The molecule has 0 aliphatic carbocycles. The van der Waals surface area contributed by atoms with Gasteiger partial charge in [-0.25, -0.2) is 4.98 Å². The highest BCUT2D eigenvalue weighted by Gasteiger charge is 2.28. The Morgan fingerprint density at radius 2 is 2.00 bits per heavy atom. The van der Waals surface area contributed by atoms with Crippen molar-refractivity contribution in [3.63, 3.8) is 0 Å². The molecule has 1 aliphatic rings. The average Bonchev–Trinajstić information content (AvgIpc) is 2.76. The average molecular weight is 477 g/mol. The number of rotatable bonds is 7. The number of amides is 2. The van der Waals surface area contributed by atoms with Crippen molar-refractivity contribution in [2.24, 2.45) is 5.92 Å². The van der Waals surface area contributed by atoms with Gasteiger partial charge in [-0.05, 0) is 37.5 Å². The standard InChI is InChI=1S/C22H29BrN4O3/c1-3-4-10-25(2)21(29)16-7-11-26(12-8-16)20(28)9-13-27-15-24-19-6-5-17(23)14-18(19)22(27)30/h5-6,14-16H,3-4,7-13H2,1-2H3. The molecule has 1 saturated heterocycles. The van der Waals surface area contributed by atoms with Crippen LogP contribution in [-0.2, 0) is 16.1 Å². The molecule has 0 unspecified atom stereocenters. The highest BCUT2D eigenvalue weighted by Crippen LogP contribution is 2.20. The van der Waals surface area contributed by atoms with Crippen molar-refractivity contribution >= 4 is 38.6 Å². The number of piperidine rings is 1. The van der Waals surface area contributed by atoms with E-state index in [-0.39, 0.29) is 29.7 Å². The summed E-state index contributed by atoms with van der Waals surface area (Å²) in [5.41, 5.74) is 0.495. The Hall–Kier alpha value is -2.22. The molecule has 3 rings (SSSR count). The lowest BCUT2D eigenvalue weighted by molar-refractivity contribution is -0.140. The number of carbonyl (C=O) groups excluding carboxylic acids is 2. The predicted octanol–water partition coefficient (Wildman–Crippen LogP) is 3.05. The zero-order valence-electron chi connectivity index (χ0n) is 17.6. The number of likely N-dealkylation sites (tertiary alicyclic amines) is 1. The van der Waals surface area contributed by atoms with Crippen molar-refractivity contribution in [2.75, 3.05) is 26.7 Å². The summed E-state index contributed by atoms with van der Waals surface area (Å²) < 4.78 is 2.31.